The van der Waals surface area contributed by atoms with Crippen LogP contribution in [0.5, 0.6) is 11.5 Å². The van der Waals surface area contributed by atoms with E-state index in [1.54, 1.807) is 0 Å². The van der Waals surface area contributed by atoms with Gasteiger partial charge in [-0.3, -0.25) is 5.84 Å². The molecule has 0 saturated carbocycles. The fourth-order valence-electron chi connectivity index (χ4n) is 1.18. The van der Waals surface area contributed by atoms with E-state index in [-0.39, 0.29) is 23.7 Å². The first kappa shape index (κ1) is 14.3. The van der Waals surface area contributed by atoms with Crippen LogP contribution in [0.25, 0.3) is 0 Å². The van der Waals surface area contributed by atoms with Crippen LogP contribution in [0.1, 0.15) is 10.4 Å². The van der Waals surface area contributed by atoms with Crippen LogP contribution in [0.2, 0.25) is 0 Å². The molecule has 1 aromatic rings. The molecule has 0 saturated heterocycles. The lowest BCUT2D eigenvalue weighted by Crippen LogP contribution is -2.12. The number of nitrogens with one attached hydrogen (secondary N) is 1. The van der Waals surface area contributed by atoms with Gasteiger partial charge in [-0.25, -0.2) is 4.79 Å². The Balaban J connectivity index is 0.00000225. The number of nitrogens with two attached hydrogens (primary N) is 1. The summed E-state index contributed by atoms with van der Waals surface area (Å²) in [7, 11) is 2.89. The molecular weight excluding hydrogens is 236 g/mol. The van der Waals surface area contributed by atoms with Crippen LogP contribution in [-0.2, 0) is 0 Å². The molecule has 0 atom stereocenters. The molecule has 1 rings (SSSR count). The Bertz CT molecular complexity index is 384. The molecule has 0 aliphatic heterocycles. The number of rotatable bonds is 4. The molecular formula is C9H13ClN2O4. The van der Waals surface area contributed by atoms with Crippen LogP contribution in [-0.4, -0.2) is 25.3 Å². The van der Waals surface area contributed by atoms with Gasteiger partial charge in [-0.05, 0) is 0 Å². The van der Waals surface area contributed by atoms with E-state index in [0.717, 1.165) is 0 Å². The number of carboxylic acids is 1. The first-order chi connectivity index (χ1) is 7.13. The molecule has 1 aromatic carbocycles. The molecule has 16 heavy (non-hydrogen) atoms. The van der Waals surface area contributed by atoms with Gasteiger partial charge in [0.1, 0.15) is 0 Å². The summed E-state index contributed by atoms with van der Waals surface area (Å²) < 4.78 is 9.97. The monoisotopic (exact) mass is 248 g/mol. The first-order valence-corrected chi connectivity index (χ1v) is 4.10. The Morgan fingerprint density at radius 1 is 1.31 bits per heavy atom. The summed E-state index contributed by atoms with van der Waals surface area (Å²) in [4.78, 5) is 10.9. The third-order valence-electron chi connectivity index (χ3n) is 1.91. The average molecular weight is 249 g/mol. The van der Waals surface area contributed by atoms with E-state index >= 15 is 0 Å². The quantitative estimate of drug-likeness (QED) is 0.546. The van der Waals surface area contributed by atoms with Gasteiger partial charge in [-0.2, -0.15) is 0 Å². The van der Waals surface area contributed by atoms with Crippen molar-refractivity contribution in [2.24, 2.45) is 5.84 Å². The molecule has 0 aliphatic rings. The third kappa shape index (κ3) is 2.68. The molecule has 0 radical (unpaired) electrons. The van der Waals surface area contributed by atoms with E-state index in [4.69, 9.17) is 20.4 Å². The van der Waals surface area contributed by atoms with E-state index in [1.807, 2.05) is 0 Å². The van der Waals surface area contributed by atoms with Crippen molar-refractivity contribution in [1.82, 2.24) is 0 Å². The molecule has 0 aromatic heterocycles. The van der Waals surface area contributed by atoms with Crippen molar-refractivity contribution in [3.05, 3.63) is 17.7 Å². The lowest BCUT2D eigenvalue weighted by molar-refractivity contribution is 0.0697. The second kappa shape index (κ2) is 6.04. The smallest absolute Gasteiger partial charge is 0.337 e. The summed E-state index contributed by atoms with van der Waals surface area (Å²) in [5.41, 5.74) is 2.57. The maximum absolute atomic E-state index is 10.9. The lowest BCUT2D eigenvalue weighted by Gasteiger charge is -2.11. The fraction of sp³-hybridized carbons (Fsp3) is 0.222. The molecule has 0 bridgehead atoms. The van der Waals surface area contributed by atoms with Crippen molar-refractivity contribution in [3.63, 3.8) is 0 Å². The molecule has 0 spiro atoms. The van der Waals surface area contributed by atoms with Crippen LogP contribution >= 0.6 is 12.4 Å². The van der Waals surface area contributed by atoms with E-state index in [0.29, 0.717) is 11.5 Å². The second-order valence-corrected chi connectivity index (χ2v) is 2.70. The highest BCUT2D eigenvalue weighted by Gasteiger charge is 2.15. The van der Waals surface area contributed by atoms with Crippen LogP contribution in [0.15, 0.2) is 12.1 Å². The first-order valence-electron chi connectivity index (χ1n) is 4.10. The molecule has 4 N–H and O–H groups in total. The molecule has 0 aliphatic carbocycles. The summed E-state index contributed by atoms with van der Waals surface area (Å²) in [5.74, 6) is 4.85. The van der Waals surface area contributed by atoms with Gasteiger partial charge in [0, 0.05) is 12.1 Å². The number of hydrazine groups is 1. The standard InChI is InChI=1S/C9H12N2O4.ClH/c1-14-7-3-5(9(12)13)6(11-10)4-8(7)15-2;/h3-4,11H,10H2,1-2H3,(H,12,13);1H. The Hall–Kier alpha value is -1.66. The summed E-state index contributed by atoms with van der Waals surface area (Å²) in [6, 6.07) is 2.80. The lowest BCUT2D eigenvalue weighted by atomic mass is 10.1. The van der Waals surface area contributed by atoms with Crippen molar-refractivity contribution in [2.75, 3.05) is 19.6 Å². The largest absolute Gasteiger partial charge is 0.493 e. The van der Waals surface area contributed by atoms with Crippen molar-refractivity contribution in [2.45, 2.75) is 0 Å². The molecule has 7 heteroatoms. The van der Waals surface area contributed by atoms with Crippen molar-refractivity contribution >= 4 is 24.1 Å². The summed E-state index contributed by atoms with van der Waals surface area (Å²) in [5, 5.41) is 8.89. The molecule has 0 amide bonds. The summed E-state index contributed by atoms with van der Waals surface area (Å²) >= 11 is 0. The zero-order valence-corrected chi connectivity index (χ0v) is 9.63. The number of anilines is 1. The van der Waals surface area contributed by atoms with Crippen LogP contribution < -0.4 is 20.7 Å². The minimum Gasteiger partial charge on any atom is -0.493 e. The topological polar surface area (TPSA) is 93.8 Å². The molecule has 0 fully saturated rings. The zero-order valence-electron chi connectivity index (χ0n) is 8.81. The van der Waals surface area contributed by atoms with E-state index < -0.39 is 5.97 Å². The SMILES string of the molecule is COc1cc(NN)c(C(=O)O)cc1OC.Cl. The van der Waals surface area contributed by atoms with E-state index in [1.165, 1.54) is 26.4 Å². The number of carbonyl (C=O) groups is 1. The molecule has 6 nitrogen and oxygen atoms in total. The van der Waals surface area contributed by atoms with Crippen LogP contribution in [0.4, 0.5) is 5.69 Å². The number of aromatic carboxylic acids is 1. The summed E-state index contributed by atoms with van der Waals surface area (Å²) in [6.07, 6.45) is 0. The maximum Gasteiger partial charge on any atom is 0.337 e. The van der Waals surface area contributed by atoms with Crippen LogP contribution in [0, 0.1) is 0 Å². The minimum absolute atomic E-state index is 0. The van der Waals surface area contributed by atoms with Crippen molar-refractivity contribution < 1.29 is 19.4 Å². The third-order valence-corrected chi connectivity index (χ3v) is 1.91. The van der Waals surface area contributed by atoms with Crippen LogP contribution in [0.3, 0.4) is 0 Å². The maximum atomic E-state index is 10.9. The van der Waals surface area contributed by atoms with Gasteiger partial charge in [-0.1, -0.05) is 0 Å². The van der Waals surface area contributed by atoms with Gasteiger partial charge >= 0.3 is 5.97 Å². The second-order valence-electron chi connectivity index (χ2n) is 2.70. The van der Waals surface area contributed by atoms with E-state index in [2.05, 4.69) is 5.43 Å². The normalized spacial score (nSPS) is 8.94. The molecule has 0 heterocycles. The Labute approximate surface area is 98.7 Å². The zero-order chi connectivity index (χ0) is 11.4. The van der Waals surface area contributed by atoms with Gasteiger partial charge in [0.25, 0.3) is 0 Å². The van der Waals surface area contributed by atoms with E-state index in [9.17, 15) is 4.79 Å². The highest BCUT2D eigenvalue weighted by atomic mass is 35.5. The number of hydrogen-bond donors (Lipinski definition) is 3. The number of methoxy groups -OCH3 is 2. The number of hydrogen-bond acceptors (Lipinski definition) is 5. The summed E-state index contributed by atoms with van der Waals surface area (Å²) in [6.45, 7) is 0. The van der Waals surface area contributed by atoms with Gasteiger partial charge in [0.05, 0.1) is 25.5 Å². The molecule has 90 valence electrons. The number of ether oxygens (including phenoxy) is 2. The van der Waals surface area contributed by atoms with Gasteiger partial charge in [-0.15, -0.1) is 12.4 Å². The predicted octanol–water partition coefficient (Wildman–Crippen LogP) is 1.11. The predicted molar refractivity (Wildman–Crippen MR) is 61.6 cm³/mol. The van der Waals surface area contributed by atoms with Gasteiger partial charge in [0.2, 0.25) is 0 Å². The number of halogens is 1. The van der Waals surface area contributed by atoms with Crippen molar-refractivity contribution in [1.29, 1.82) is 0 Å². The highest BCUT2D eigenvalue weighted by molar-refractivity contribution is 5.95. The van der Waals surface area contributed by atoms with Gasteiger partial charge < -0.3 is 20.0 Å². The minimum atomic E-state index is -1.09. The number of benzene rings is 1. The number of nitrogen functional groups attached to an aromatic ring is 1. The molecule has 0 unspecified atom stereocenters. The fourth-order valence-corrected chi connectivity index (χ4v) is 1.18. The van der Waals surface area contributed by atoms with Crippen molar-refractivity contribution in [3.8, 4) is 11.5 Å². The Kier molecular flexibility index (Phi) is 5.41. The number of carboxylic acid groups (broad SMARTS) is 1. The Morgan fingerprint density at radius 2 is 1.81 bits per heavy atom. The highest BCUT2D eigenvalue weighted by Crippen LogP contribution is 2.32. The van der Waals surface area contributed by atoms with Gasteiger partial charge in [0.15, 0.2) is 11.5 Å². The average Bonchev–Trinajstić information content (AvgIpc) is 2.26. The Morgan fingerprint density at radius 3 is 2.19 bits per heavy atom.